The summed E-state index contributed by atoms with van der Waals surface area (Å²) in [5.41, 5.74) is 2.25. The van der Waals surface area contributed by atoms with E-state index in [1.807, 2.05) is 31.2 Å². The molecular formula is C17H14FNOS. The predicted molar refractivity (Wildman–Crippen MR) is 84.1 cm³/mol. The van der Waals surface area contributed by atoms with Gasteiger partial charge >= 0.3 is 0 Å². The Kier molecular flexibility index (Phi) is 3.71. The second-order valence-corrected chi connectivity index (χ2v) is 6.04. The van der Waals surface area contributed by atoms with Crippen LogP contribution in [0, 0.1) is 12.7 Å². The Labute approximate surface area is 126 Å². The Hall–Kier alpha value is -2.20. The summed E-state index contributed by atoms with van der Waals surface area (Å²) in [7, 11) is 0. The fraction of sp³-hybridized carbons (Fsp3) is 0.118. The molecule has 0 atom stereocenters. The summed E-state index contributed by atoms with van der Waals surface area (Å²) >= 11 is 1.37. The van der Waals surface area contributed by atoms with Crippen molar-refractivity contribution in [2.24, 2.45) is 0 Å². The Bertz CT molecular complexity index is 792. The van der Waals surface area contributed by atoms with Gasteiger partial charge in [0.15, 0.2) is 0 Å². The van der Waals surface area contributed by atoms with Gasteiger partial charge in [0, 0.05) is 11.2 Å². The smallest absolute Gasteiger partial charge is 0.261 e. The number of nitrogens with one attached hydrogen (secondary N) is 1. The molecule has 0 saturated carbocycles. The number of amides is 1. The lowest BCUT2D eigenvalue weighted by Gasteiger charge is -2.04. The van der Waals surface area contributed by atoms with E-state index in [1.54, 1.807) is 12.1 Å². The number of thiophene rings is 1. The van der Waals surface area contributed by atoms with Crippen LogP contribution < -0.4 is 5.32 Å². The van der Waals surface area contributed by atoms with E-state index in [1.165, 1.54) is 29.0 Å². The van der Waals surface area contributed by atoms with Gasteiger partial charge in [-0.15, -0.1) is 11.3 Å². The predicted octanol–water partition coefficient (Wildman–Crippen LogP) is 4.28. The van der Waals surface area contributed by atoms with E-state index < -0.39 is 0 Å². The van der Waals surface area contributed by atoms with Crippen molar-refractivity contribution < 1.29 is 9.18 Å². The average Bonchev–Trinajstić information content (AvgIpc) is 2.89. The minimum Gasteiger partial charge on any atom is -0.347 e. The standard InChI is InChI=1S/C17H14FNOS/c1-11-2-4-12(5-3-11)10-19-17(20)16-9-13-8-14(18)6-7-15(13)21-16/h2-9H,10H2,1H3,(H,19,20). The Morgan fingerprint density at radius 2 is 1.90 bits per heavy atom. The number of aryl methyl sites for hydroxylation is 1. The molecule has 0 saturated heterocycles. The molecule has 0 fully saturated rings. The molecule has 0 radical (unpaired) electrons. The molecule has 4 heteroatoms. The Morgan fingerprint density at radius 1 is 1.14 bits per heavy atom. The van der Waals surface area contributed by atoms with Crippen LogP contribution in [0.1, 0.15) is 20.8 Å². The van der Waals surface area contributed by atoms with Crippen molar-refractivity contribution in [2.45, 2.75) is 13.5 Å². The average molecular weight is 299 g/mol. The number of carbonyl (C=O) groups excluding carboxylic acids is 1. The first kappa shape index (κ1) is 13.8. The van der Waals surface area contributed by atoms with Gasteiger partial charge in [-0.05, 0) is 42.1 Å². The molecule has 3 rings (SSSR count). The zero-order valence-corrected chi connectivity index (χ0v) is 12.3. The van der Waals surface area contributed by atoms with Crippen LogP contribution in [0.25, 0.3) is 10.1 Å². The topological polar surface area (TPSA) is 29.1 Å². The number of carbonyl (C=O) groups is 1. The first-order valence-electron chi connectivity index (χ1n) is 6.65. The van der Waals surface area contributed by atoms with Crippen LogP contribution in [-0.4, -0.2) is 5.91 Å². The molecule has 0 bridgehead atoms. The van der Waals surface area contributed by atoms with E-state index in [0.29, 0.717) is 11.4 Å². The van der Waals surface area contributed by atoms with Gasteiger partial charge in [0.05, 0.1) is 4.88 Å². The molecule has 2 nitrogen and oxygen atoms in total. The maximum Gasteiger partial charge on any atom is 0.261 e. The minimum absolute atomic E-state index is 0.128. The highest BCUT2D eigenvalue weighted by Gasteiger charge is 2.10. The van der Waals surface area contributed by atoms with E-state index in [-0.39, 0.29) is 11.7 Å². The molecule has 21 heavy (non-hydrogen) atoms. The second kappa shape index (κ2) is 5.66. The third kappa shape index (κ3) is 3.11. The molecule has 1 heterocycles. The molecule has 3 aromatic rings. The Morgan fingerprint density at radius 3 is 2.67 bits per heavy atom. The fourth-order valence-electron chi connectivity index (χ4n) is 2.10. The van der Waals surface area contributed by atoms with Gasteiger partial charge in [0.1, 0.15) is 5.82 Å². The van der Waals surface area contributed by atoms with Crippen molar-refractivity contribution in [1.82, 2.24) is 5.32 Å². The molecule has 2 aromatic carbocycles. The normalized spacial score (nSPS) is 10.8. The first-order valence-corrected chi connectivity index (χ1v) is 7.46. The van der Waals surface area contributed by atoms with Crippen LogP contribution in [0.3, 0.4) is 0 Å². The summed E-state index contributed by atoms with van der Waals surface area (Å²) in [4.78, 5) is 12.7. The maximum absolute atomic E-state index is 13.2. The van der Waals surface area contributed by atoms with Crippen LogP contribution >= 0.6 is 11.3 Å². The van der Waals surface area contributed by atoms with Crippen molar-refractivity contribution in [3.8, 4) is 0 Å². The van der Waals surface area contributed by atoms with E-state index in [2.05, 4.69) is 5.32 Å². The Balaban J connectivity index is 1.73. The molecular weight excluding hydrogens is 285 g/mol. The number of hydrogen-bond donors (Lipinski definition) is 1. The number of rotatable bonds is 3. The van der Waals surface area contributed by atoms with Crippen LogP contribution in [0.5, 0.6) is 0 Å². The van der Waals surface area contributed by atoms with Crippen molar-refractivity contribution >= 4 is 27.3 Å². The van der Waals surface area contributed by atoms with Gasteiger partial charge in [-0.3, -0.25) is 4.79 Å². The summed E-state index contributed by atoms with van der Waals surface area (Å²) in [5, 5.41) is 3.65. The lowest BCUT2D eigenvalue weighted by molar-refractivity contribution is 0.0955. The monoisotopic (exact) mass is 299 g/mol. The van der Waals surface area contributed by atoms with Crippen molar-refractivity contribution in [2.75, 3.05) is 0 Å². The number of halogens is 1. The highest BCUT2D eigenvalue weighted by atomic mass is 32.1. The van der Waals surface area contributed by atoms with Gasteiger partial charge in [0.2, 0.25) is 0 Å². The summed E-state index contributed by atoms with van der Waals surface area (Å²) < 4.78 is 14.1. The van der Waals surface area contributed by atoms with Crippen molar-refractivity contribution in [3.05, 3.63) is 70.4 Å². The molecule has 0 aliphatic rings. The molecule has 1 N–H and O–H groups in total. The second-order valence-electron chi connectivity index (χ2n) is 4.96. The SMILES string of the molecule is Cc1ccc(CNC(=O)c2cc3cc(F)ccc3s2)cc1. The third-order valence-electron chi connectivity index (χ3n) is 3.28. The number of fused-ring (bicyclic) bond motifs is 1. The minimum atomic E-state index is -0.285. The zero-order valence-electron chi connectivity index (χ0n) is 11.5. The van der Waals surface area contributed by atoms with E-state index in [0.717, 1.165) is 15.6 Å². The summed E-state index contributed by atoms with van der Waals surface area (Å²) in [5.74, 6) is -0.413. The van der Waals surface area contributed by atoms with Crippen LogP contribution in [0.4, 0.5) is 4.39 Å². The van der Waals surface area contributed by atoms with Gasteiger partial charge in [-0.25, -0.2) is 4.39 Å². The highest BCUT2D eigenvalue weighted by Crippen LogP contribution is 2.26. The van der Waals surface area contributed by atoms with Gasteiger partial charge in [-0.2, -0.15) is 0 Å². The van der Waals surface area contributed by atoms with Gasteiger partial charge < -0.3 is 5.32 Å². The van der Waals surface area contributed by atoms with Crippen molar-refractivity contribution in [1.29, 1.82) is 0 Å². The molecule has 0 unspecified atom stereocenters. The van der Waals surface area contributed by atoms with Gasteiger partial charge in [-0.1, -0.05) is 29.8 Å². The lowest BCUT2D eigenvalue weighted by atomic mass is 10.1. The quantitative estimate of drug-likeness (QED) is 0.768. The largest absolute Gasteiger partial charge is 0.347 e. The fourth-order valence-corrected chi connectivity index (χ4v) is 3.06. The van der Waals surface area contributed by atoms with E-state index in [9.17, 15) is 9.18 Å². The summed E-state index contributed by atoms with van der Waals surface area (Å²) in [6, 6.07) is 14.3. The molecule has 1 amide bonds. The van der Waals surface area contributed by atoms with Crippen molar-refractivity contribution in [3.63, 3.8) is 0 Å². The number of benzene rings is 2. The molecule has 106 valence electrons. The highest BCUT2D eigenvalue weighted by molar-refractivity contribution is 7.20. The van der Waals surface area contributed by atoms with Gasteiger partial charge in [0.25, 0.3) is 5.91 Å². The number of hydrogen-bond acceptors (Lipinski definition) is 2. The maximum atomic E-state index is 13.2. The zero-order chi connectivity index (χ0) is 14.8. The first-order chi connectivity index (χ1) is 10.1. The van der Waals surface area contributed by atoms with E-state index in [4.69, 9.17) is 0 Å². The molecule has 0 aliphatic carbocycles. The third-order valence-corrected chi connectivity index (χ3v) is 4.39. The molecule has 0 aliphatic heterocycles. The molecule has 1 aromatic heterocycles. The summed E-state index contributed by atoms with van der Waals surface area (Å²) in [6.45, 7) is 2.51. The van der Waals surface area contributed by atoms with Crippen LogP contribution in [0.2, 0.25) is 0 Å². The lowest BCUT2D eigenvalue weighted by Crippen LogP contribution is -2.21. The summed E-state index contributed by atoms with van der Waals surface area (Å²) in [6.07, 6.45) is 0. The van der Waals surface area contributed by atoms with E-state index >= 15 is 0 Å². The van der Waals surface area contributed by atoms with Crippen LogP contribution in [-0.2, 0) is 6.54 Å². The van der Waals surface area contributed by atoms with Crippen LogP contribution in [0.15, 0.2) is 48.5 Å². The molecule has 0 spiro atoms.